The highest BCUT2D eigenvalue weighted by atomic mass is 35.5. The minimum atomic E-state index is 0. The second-order valence-electron chi connectivity index (χ2n) is 5.86. The predicted molar refractivity (Wildman–Crippen MR) is 103 cm³/mol. The van der Waals surface area contributed by atoms with Crippen molar-refractivity contribution >= 4 is 34.8 Å². The SMILES string of the molecule is Cl.c1cc(NCc2ccc3nccnc3c2)c(N2CCNCC2)cn1. The van der Waals surface area contributed by atoms with Crippen molar-refractivity contribution in [3.8, 4) is 0 Å². The van der Waals surface area contributed by atoms with Crippen LogP contribution in [-0.2, 0) is 6.54 Å². The molecule has 2 aromatic heterocycles. The zero-order chi connectivity index (χ0) is 16.2. The summed E-state index contributed by atoms with van der Waals surface area (Å²) in [7, 11) is 0. The number of aromatic nitrogens is 3. The van der Waals surface area contributed by atoms with E-state index in [2.05, 4.69) is 42.6 Å². The fourth-order valence-electron chi connectivity index (χ4n) is 3.01. The number of nitrogens with one attached hydrogen (secondary N) is 2. The van der Waals surface area contributed by atoms with Crippen LogP contribution >= 0.6 is 12.4 Å². The zero-order valence-corrected chi connectivity index (χ0v) is 14.7. The Morgan fingerprint density at radius 3 is 2.64 bits per heavy atom. The Kier molecular flexibility index (Phi) is 5.63. The van der Waals surface area contributed by atoms with E-state index in [1.54, 1.807) is 12.4 Å². The quantitative estimate of drug-likeness (QED) is 0.748. The van der Waals surface area contributed by atoms with Gasteiger partial charge in [-0.1, -0.05) is 6.07 Å². The van der Waals surface area contributed by atoms with Crippen LogP contribution in [0.3, 0.4) is 0 Å². The van der Waals surface area contributed by atoms with E-state index in [9.17, 15) is 0 Å². The van der Waals surface area contributed by atoms with Gasteiger partial charge in [0, 0.05) is 51.3 Å². The number of hydrogen-bond acceptors (Lipinski definition) is 6. The second-order valence-corrected chi connectivity index (χ2v) is 5.86. The summed E-state index contributed by atoms with van der Waals surface area (Å²) in [5.74, 6) is 0. The number of halogens is 1. The fourth-order valence-corrected chi connectivity index (χ4v) is 3.01. The lowest BCUT2D eigenvalue weighted by atomic mass is 10.2. The molecule has 25 heavy (non-hydrogen) atoms. The molecule has 3 aromatic rings. The van der Waals surface area contributed by atoms with Gasteiger partial charge in [0.05, 0.1) is 28.6 Å². The van der Waals surface area contributed by atoms with Crippen LogP contribution in [0.1, 0.15) is 5.56 Å². The van der Waals surface area contributed by atoms with Crippen molar-refractivity contribution < 1.29 is 0 Å². The van der Waals surface area contributed by atoms with E-state index in [1.807, 2.05) is 24.5 Å². The summed E-state index contributed by atoms with van der Waals surface area (Å²) >= 11 is 0. The normalized spacial score (nSPS) is 14.2. The highest BCUT2D eigenvalue weighted by Gasteiger charge is 2.14. The van der Waals surface area contributed by atoms with Gasteiger partial charge < -0.3 is 15.5 Å². The average molecular weight is 357 g/mol. The van der Waals surface area contributed by atoms with Gasteiger partial charge in [-0.3, -0.25) is 15.0 Å². The maximum Gasteiger partial charge on any atom is 0.0890 e. The fraction of sp³-hybridized carbons (Fsp3) is 0.278. The summed E-state index contributed by atoms with van der Waals surface area (Å²) in [6.07, 6.45) is 7.22. The third-order valence-electron chi connectivity index (χ3n) is 4.27. The third kappa shape index (κ3) is 3.97. The molecule has 0 unspecified atom stereocenters. The smallest absolute Gasteiger partial charge is 0.0890 e. The lowest BCUT2D eigenvalue weighted by molar-refractivity contribution is 0.589. The van der Waals surface area contributed by atoms with Crippen LogP contribution in [0.5, 0.6) is 0 Å². The van der Waals surface area contributed by atoms with Crippen LogP contribution in [0.25, 0.3) is 11.0 Å². The zero-order valence-electron chi connectivity index (χ0n) is 13.9. The summed E-state index contributed by atoms with van der Waals surface area (Å²) in [6.45, 7) is 4.78. The maximum absolute atomic E-state index is 4.37. The Morgan fingerprint density at radius 2 is 1.80 bits per heavy atom. The van der Waals surface area contributed by atoms with Crippen LogP contribution in [0.4, 0.5) is 11.4 Å². The van der Waals surface area contributed by atoms with E-state index in [1.165, 1.54) is 11.3 Å². The maximum atomic E-state index is 4.37. The molecule has 0 amide bonds. The van der Waals surface area contributed by atoms with Crippen LogP contribution in [0.15, 0.2) is 49.1 Å². The number of benzene rings is 1. The summed E-state index contributed by atoms with van der Waals surface area (Å²) in [5, 5.41) is 6.92. The molecule has 6 nitrogen and oxygen atoms in total. The van der Waals surface area contributed by atoms with E-state index >= 15 is 0 Å². The summed E-state index contributed by atoms with van der Waals surface area (Å²) in [4.78, 5) is 15.4. The van der Waals surface area contributed by atoms with Gasteiger partial charge in [0.1, 0.15) is 0 Å². The molecule has 3 heterocycles. The van der Waals surface area contributed by atoms with Crippen molar-refractivity contribution in [3.63, 3.8) is 0 Å². The minimum absolute atomic E-state index is 0. The van der Waals surface area contributed by atoms with Crippen molar-refractivity contribution in [1.82, 2.24) is 20.3 Å². The molecule has 0 atom stereocenters. The molecule has 0 saturated carbocycles. The van der Waals surface area contributed by atoms with Gasteiger partial charge in [0.25, 0.3) is 0 Å². The second kappa shape index (κ2) is 8.09. The molecule has 0 radical (unpaired) electrons. The van der Waals surface area contributed by atoms with Gasteiger partial charge in [0.15, 0.2) is 0 Å². The molecule has 0 bridgehead atoms. The molecule has 1 aliphatic heterocycles. The highest BCUT2D eigenvalue weighted by molar-refractivity contribution is 5.85. The number of anilines is 2. The summed E-state index contributed by atoms with van der Waals surface area (Å²) in [5.41, 5.74) is 5.32. The predicted octanol–water partition coefficient (Wildman–Crippen LogP) is 2.47. The number of nitrogens with zero attached hydrogens (tertiary/aromatic N) is 4. The number of pyridine rings is 1. The Balaban J connectivity index is 0.00000182. The molecule has 2 N–H and O–H groups in total. The van der Waals surface area contributed by atoms with Gasteiger partial charge in [-0.25, -0.2) is 0 Å². The first-order chi connectivity index (χ1) is 11.9. The molecule has 1 fully saturated rings. The summed E-state index contributed by atoms with van der Waals surface area (Å²) < 4.78 is 0. The molecule has 1 aliphatic rings. The summed E-state index contributed by atoms with van der Waals surface area (Å²) in [6, 6.07) is 8.23. The number of fused-ring (bicyclic) bond motifs is 1. The third-order valence-corrected chi connectivity index (χ3v) is 4.27. The van der Waals surface area contributed by atoms with Crippen LogP contribution in [0, 0.1) is 0 Å². The van der Waals surface area contributed by atoms with Crippen LogP contribution < -0.4 is 15.5 Å². The molecule has 4 rings (SSSR count). The Bertz CT molecular complexity index is 834. The number of rotatable bonds is 4. The molecule has 0 aliphatic carbocycles. The van der Waals surface area contributed by atoms with Gasteiger partial charge in [-0.05, 0) is 23.8 Å². The monoisotopic (exact) mass is 356 g/mol. The van der Waals surface area contributed by atoms with E-state index in [0.717, 1.165) is 49.4 Å². The van der Waals surface area contributed by atoms with Gasteiger partial charge in [0.2, 0.25) is 0 Å². The lowest BCUT2D eigenvalue weighted by Crippen LogP contribution is -2.43. The van der Waals surface area contributed by atoms with Crippen molar-refractivity contribution in [2.45, 2.75) is 6.54 Å². The molecule has 130 valence electrons. The topological polar surface area (TPSA) is 66.0 Å². The van der Waals surface area contributed by atoms with E-state index < -0.39 is 0 Å². The first kappa shape index (κ1) is 17.4. The average Bonchev–Trinajstić information content (AvgIpc) is 2.67. The van der Waals surface area contributed by atoms with E-state index in [0.29, 0.717) is 0 Å². The van der Waals surface area contributed by atoms with E-state index in [4.69, 9.17) is 0 Å². The Morgan fingerprint density at radius 1 is 1.00 bits per heavy atom. The number of piperazine rings is 1. The molecule has 1 aromatic carbocycles. The van der Waals surface area contributed by atoms with Crippen LogP contribution in [-0.4, -0.2) is 41.1 Å². The first-order valence-electron chi connectivity index (χ1n) is 8.23. The standard InChI is InChI=1S/C18H20N6.ClH/c1-2-15-17(22-6-5-21-15)11-14(1)12-23-16-3-4-20-13-18(16)24-9-7-19-8-10-24;/h1-6,11,13,19H,7-10,12H2,(H,20,23);1H. The van der Waals surface area contributed by atoms with Gasteiger partial charge in [-0.2, -0.15) is 0 Å². The Labute approximate surface area is 153 Å². The largest absolute Gasteiger partial charge is 0.379 e. The van der Waals surface area contributed by atoms with Crippen molar-refractivity contribution in [1.29, 1.82) is 0 Å². The molecule has 1 saturated heterocycles. The highest BCUT2D eigenvalue weighted by Crippen LogP contribution is 2.25. The molecular weight excluding hydrogens is 336 g/mol. The number of hydrogen-bond donors (Lipinski definition) is 2. The molecular formula is C18H21ClN6. The molecule has 0 spiro atoms. The lowest BCUT2D eigenvalue weighted by Gasteiger charge is -2.30. The van der Waals surface area contributed by atoms with Gasteiger partial charge >= 0.3 is 0 Å². The minimum Gasteiger partial charge on any atom is -0.379 e. The first-order valence-corrected chi connectivity index (χ1v) is 8.23. The van der Waals surface area contributed by atoms with Crippen molar-refractivity contribution in [2.75, 3.05) is 36.4 Å². The Hall–Kier alpha value is -2.44. The van der Waals surface area contributed by atoms with Gasteiger partial charge in [-0.15, -0.1) is 12.4 Å². The van der Waals surface area contributed by atoms with Crippen LogP contribution in [0.2, 0.25) is 0 Å². The van der Waals surface area contributed by atoms with Crippen molar-refractivity contribution in [2.24, 2.45) is 0 Å². The van der Waals surface area contributed by atoms with E-state index in [-0.39, 0.29) is 12.4 Å². The molecule has 7 heteroatoms. The van der Waals surface area contributed by atoms with Crippen molar-refractivity contribution in [3.05, 3.63) is 54.6 Å².